The van der Waals surface area contributed by atoms with Crippen molar-refractivity contribution in [3.8, 4) is 0 Å². The van der Waals surface area contributed by atoms with Crippen LogP contribution >= 0.6 is 0 Å². The average molecular weight is 247 g/mol. The second kappa shape index (κ2) is 5.64. The summed E-state index contributed by atoms with van der Waals surface area (Å²) in [6.07, 6.45) is 3.13. The van der Waals surface area contributed by atoms with Gasteiger partial charge in [0.15, 0.2) is 0 Å². The second-order valence-corrected chi connectivity index (χ2v) is 4.40. The Morgan fingerprint density at radius 1 is 1.50 bits per heavy atom. The molecule has 1 aliphatic heterocycles. The predicted molar refractivity (Wildman–Crippen MR) is 71.9 cm³/mol. The van der Waals surface area contributed by atoms with Gasteiger partial charge in [0.1, 0.15) is 5.69 Å². The summed E-state index contributed by atoms with van der Waals surface area (Å²) in [5.74, 6) is 0. The lowest BCUT2D eigenvalue weighted by Crippen LogP contribution is -2.23. The fourth-order valence-electron chi connectivity index (χ4n) is 2.08. The van der Waals surface area contributed by atoms with Crippen molar-refractivity contribution in [2.24, 2.45) is 0 Å². The van der Waals surface area contributed by atoms with Gasteiger partial charge < -0.3 is 10.6 Å². The lowest BCUT2D eigenvalue weighted by molar-refractivity contribution is -0.384. The maximum atomic E-state index is 11.0. The molecule has 0 bridgehead atoms. The molecule has 0 fully saturated rings. The standard InChI is InChI=1S/C13H17N3O2/c1-10-3-2-4-12(13(10)16(17)18)15-9-11-5-7-14-8-6-11/h2-5,14-15H,6-9H2,1H3. The van der Waals surface area contributed by atoms with E-state index >= 15 is 0 Å². The number of nitro benzene ring substituents is 1. The number of aryl methyl sites for hydroxylation is 1. The molecule has 0 aliphatic carbocycles. The first-order chi connectivity index (χ1) is 8.68. The van der Waals surface area contributed by atoms with E-state index in [-0.39, 0.29) is 10.6 Å². The maximum Gasteiger partial charge on any atom is 0.295 e. The van der Waals surface area contributed by atoms with E-state index in [1.807, 2.05) is 6.07 Å². The zero-order valence-electron chi connectivity index (χ0n) is 10.4. The van der Waals surface area contributed by atoms with Gasteiger partial charge in [-0.15, -0.1) is 0 Å². The lowest BCUT2D eigenvalue weighted by Gasteiger charge is -2.15. The van der Waals surface area contributed by atoms with Gasteiger partial charge in [-0.05, 0) is 26.0 Å². The van der Waals surface area contributed by atoms with Crippen molar-refractivity contribution in [3.05, 3.63) is 45.5 Å². The topological polar surface area (TPSA) is 67.2 Å². The van der Waals surface area contributed by atoms with E-state index in [0.29, 0.717) is 17.8 Å². The average Bonchev–Trinajstić information content (AvgIpc) is 2.37. The van der Waals surface area contributed by atoms with Crippen LogP contribution in [0.3, 0.4) is 0 Å². The number of benzene rings is 1. The molecule has 0 spiro atoms. The minimum atomic E-state index is -0.325. The molecule has 1 aromatic carbocycles. The third kappa shape index (κ3) is 2.87. The van der Waals surface area contributed by atoms with E-state index in [9.17, 15) is 10.1 Å². The number of anilines is 1. The minimum absolute atomic E-state index is 0.173. The minimum Gasteiger partial charge on any atom is -0.376 e. The molecule has 0 amide bonds. The van der Waals surface area contributed by atoms with Crippen LogP contribution in [-0.2, 0) is 0 Å². The fraction of sp³-hybridized carbons (Fsp3) is 0.385. The van der Waals surface area contributed by atoms with Gasteiger partial charge in [0, 0.05) is 18.7 Å². The molecule has 1 heterocycles. The van der Waals surface area contributed by atoms with E-state index in [4.69, 9.17) is 0 Å². The van der Waals surface area contributed by atoms with Crippen molar-refractivity contribution < 1.29 is 4.92 Å². The molecule has 2 N–H and O–H groups in total. The molecule has 0 saturated heterocycles. The molecule has 96 valence electrons. The Morgan fingerprint density at radius 3 is 3.00 bits per heavy atom. The monoisotopic (exact) mass is 247 g/mol. The number of nitro groups is 1. The number of nitrogens with zero attached hydrogens (tertiary/aromatic N) is 1. The summed E-state index contributed by atoms with van der Waals surface area (Å²) in [7, 11) is 0. The zero-order chi connectivity index (χ0) is 13.0. The fourth-order valence-corrected chi connectivity index (χ4v) is 2.08. The summed E-state index contributed by atoms with van der Waals surface area (Å²) in [4.78, 5) is 10.7. The van der Waals surface area contributed by atoms with Crippen LogP contribution in [0.1, 0.15) is 12.0 Å². The van der Waals surface area contributed by atoms with Gasteiger partial charge in [-0.1, -0.05) is 23.8 Å². The molecule has 0 atom stereocenters. The van der Waals surface area contributed by atoms with Crippen LogP contribution in [0, 0.1) is 17.0 Å². The van der Waals surface area contributed by atoms with Crippen LogP contribution in [0.4, 0.5) is 11.4 Å². The normalized spacial score (nSPS) is 15.1. The van der Waals surface area contributed by atoms with Crippen molar-refractivity contribution in [2.75, 3.05) is 25.0 Å². The lowest BCUT2D eigenvalue weighted by atomic mass is 10.1. The summed E-state index contributed by atoms with van der Waals surface area (Å²) >= 11 is 0. The Labute approximate surface area is 106 Å². The van der Waals surface area contributed by atoms with Gasteiger partial charge in [-0.3, -0.25) is 10.1 Å². The summed E-state index contributed by atoms with van der Waals surface area (Å²) in [6, 6.07) is 5.35. The van der Waals surface area contributed by atoms with Crippen molar-refractivity contribution in [1.82, 2.24) is 5.32 Å². The van der Waals surface area contributed by atoms with Crippen LogP contribution in [0.2, 0.25) is 0 Å². The Balaban J connectivity index is 2.11. The van der Waals surface area contributed by atoms with Gasteiger partial charge in [0.25, 0.3) is 5.69 Å². The molecule has 0 radical (unpaired) electrons. The molecule has 0 saturated carbocycles. The van der Waals surface area contributed by atoms with Gasteiger partial charge >= 0.3 is 0 Å². The highest BCUT2D eigenvalue weighted by molar-refractivity contribution is 5.65. The molecule has 0 aromatic heterocycles. The molecule has 5 nitrogen and oxygen atoms in total. The highest BCUT2D eigenvalue weighted by atomic mass is 16.6. The first-order valence-corrected chi connectivity index (χ1v) is 6.05. The van der Waals surface area contributed by atoms with Crippen molar-refractivity contribution in [3.63, 3.8) is 0 Å². The molecule has 18 heavy (non-hydrogen) atoms. The highest BCUT2D eigenvalue weighted by Gasteiger charge is 2.16. The SMILES string of the molecule is Cc1cccc(NCC2=CCNCC2)c1[N+](=O)[O-]. The molecule has 5 heteroatoms. The van der Waals surface area contributed by atoms with Crippen LogP contribution in [0.25, 0.3) is 0 Å². The van der Waals surface area contributed by atoms with Crippen LogP contribution in [-0.4, -0.2) is 24.6 Å². The van der Waals surface area contributed by atoms with E-state index in [2.05, 4.69) is 16.7 Å². The zero-order valence-corrected chi connectivity index (χ0v) is 10.4. The van der Waals surface area contributed by atoms with E-state index in [1.165, 1.54) is 5.57 Å². The van der Waals surface area contributed by atoms with Crippen LogP contribution in [0.15, 0.2) is 29.8 Å². The summed E-state index contributed by atoms with van der Waals surface area (Å²) in [6.45, 7) is 4.29. The van der Waals surface area contributed by atoms with Gasteiger partial charge in [-0.25, -0.2) is 0 Å². The Hall–Kier alpha value is -1.88. The number of rotatable bonds is 4. The Kier molecular flexibility index (Phi) is 3.94. The molecular formula is C13H17N3O2. The van der Waals surface area contributed by atoms with Gasteiger partial charge in [-0.2, -0.15) is 0 Å². The largest absolute Gasteiger partial charge is 0.376 e. The van der Waals surface area contributed by atoms with Gasteiger partial charge in [0.05, 0.1) is 4.92 Å². The van der Waals surface area contributed by atoms with E-state index in [1.54, 1.807) is 19.1 Å². The second-order valence-electron chi connectivity index (χ2n) is 4.40. The maximum absolute atomic E-state index is 11.0. The number of nitrogens with one attached hydrogen (secondary N) is 2. The highest BCUT2D eigenvalue weighted by Crippen LogP contribution is 2.28. The quantitative estimate of drug-likeness (QED) is 0.486. The predicted octanol–water partition coefficient (Wildman–Crippen LogP) is 2.23. The van der Waals surface area contributed by atoms with Crippen molar-refractivity contribution in [2.45, 2.75) is 13.3 Å². The van der Waals surface area contributed by atoms with E-state index < -0.39 is 0 Å². The van der Waals surface area contributed by atoms with Crippen molar-refractivity contribution >= 4 is 11.4 Å². The third-order valence-corrected chi connectivity index (χ3v) is 3.08. The van der Waals surface area contributed by atoms with Gasteiger partial charge in [0.2, 0.25) is 0 Å². The molecular weight excluding hydrogens is 230 g/mol. The first-order valence-electron chi connectivity index (χ1n) is 6.05. The number of para-hydroxylation sites is 1. The third-order valence-electron chi connectivity index (χ3n) is 3.08. The Bertz CT molecular complexity index is 483. The molecule has 0 unspecified atom stereocenters. The smallest absolute Gasteiger partial charge is 0.295 e. The summed E-state index contributed by atoms with van der Waals surface area (Å²) < 4.78 is 0. The number of hydrogen-bond acceptors (Lipinski definition) is 4. The molecule has 1 aliphatic rings. The first kappa shape index (κ1) is 12.6. The van der Waals surface area contributed by atoms with Crippen LogP contribution < -0.4 is 10.6 Å². The summed E-state index contributed by atoms with van der Waals surface area (Å²) in [5, 5.41) is 17.4. The van der Waals surface area contributed by atoms with Crippen molar-refractivity contribution in [1.29, 1.82) is 0 Å². The number of hydrogen-bond donors (Lipinski definition) is 2. The molecule has 1 aromatic rings. The van der Waals surface area contributed by atoms with E-state index in [0.717, 1.165) is 19.5 Å². The van der Waals surface area contributed by atoms with Crippen LogP contribution in [0.5, 0.6) is 0 Å². The molecule has 2 rings (SSSR count). The Morgan fingerprint density at radius 2 is 2.33 bits per heavy atom. The summed E-state index contributed by atoms with van der Waals surface area (Å²) in [5.41, 5.74) is 2.75.